The first kappa shape index (κ1) is 32.0. The van der Waals surface area contributed by atoms with Crippen LogP contribution in [0.2, 0.25) is 10.0 Å². The maximum atomic E-state index is 14.2. The van der Waals surface area contributed by atoms with Gasteiger partial charge in [-0.15, -0.1) is 0 Å². The van der Waals surface area contributed by atoms with E-state index in [0.717, 1.165) is 5.56 Å². The molecular formula is C33H29BrCl2N2O5S. The lowest BCUT2D eigenvalue weighted by atomic mass is 9.95. The van der Waals surface area contributed by atoms with E-state index in [-0.39, 0.29) is 30.5 Å². The van der Waals surface area contributed by atoms with Gasteiger partial charge >= 0.3 is 5.97 Å². The summed E-state index contributed by atoms with van der Waals surface area (Å²) in [7, 11) is 0. The standard InChI is InChI=1S/C33H29BrCl2N2O5S/c1-5-41-32(40)28-19(4)37-33-38(29(28)23-11-7-9-13-26(23)43-18(2)3)31(39)27(44-33)15-21-14-22(35)16-24(34)30(21)42-17-20-10-6-8-12-25(20)36/h6-16,18,29H,5,17H2,1-4H3/b27-15-/t29-/m1/s1. The van der Waals surface area contributed by atoms with Crippen molar-refractivity contribution in [1.29, 1.82) is 0 Å². The van der Waals surface area contributed by atoms with E-state index in [0.29, 0.717) is 52.2 Å². The summed E-state index contributed by atoms with van der Waals surface area (Å²) in [5.74, 6) is 0.518. The monoisotopic (exact) mass is 714 g/mol. The normalized spacial score (nSPS) is 14.8. The number of hydrogen-bond donors (Lipinski definition) is 0. The maximum Gasteiger partial charge on any atom is 0.338 e. The highest BCUT2D eigenvalue weighted by atomic mass is 79.9. The third kappa shape index (κ3) is 6.66. The lowest BCUT2D eigenvalue weighted by Gasteiger charge is -2.26. The van der Waals surface area contributed by atoms with Crippen molar-refractivity contribution in [3.05, 3.63) is 123 Å². The van der Waals surface area contributed by atoms with Crippen LogP contribution in [0.5, 0.6) is 11.5 Å². The van der Waals surface area contributed by atoms with Crippen molar-refractivity contribution in [2.75, 3.05) is 6.61 Å². The Kier molecular flexibility index (Phi) is 10.00. The maximum absolute atomic E-state index is 14.2. The van der Waals surface area contributed by atoms with Gasteiger partial charge in [-0.1, -0.05) is 70.9 Å². The fourth-order valence-electron chi connectivity index (χ4n) is 4.90. The lowest BCUT2D eigenvalue weighted by Crippen LogP contribution is -2.40. The fraction of sp³-hybridized carbons (Fsp3) is 0.242. The molecule has 2 heterocycles. The molecule has 0 bridgehead atoms. The van der Waals surface area contributed by atoms with Crippen LogP contribution in [0, 0.1) is 0 Å². The van der Waals surface area contributed by atoms with Crippen molar-refractivity contribution in [2.24, 2.45) is 4.99 Å². The second kappa shape index (κ2) is 13.7. The van der Waals surface area contributed by atoms with Crippen molar-refractivity contribution in [3.8, 4) is 11.5 Å². The minimum atomic E-state index is -0.815. The minimum absolute atomic E-state index is 0.131. The number of carbonyl (C=O) groups excluding carboxylic acids is 1. The number of allylic oxidation sites excluding steroid dienone is 1. The van der Waals surface area contributed by atoms with Gasteiger partial charge in [0.05, 0.1) is 33.0 Å². The molecule has 0 amide bonds. The molecule has 0 saturated carbocycles. The van der Waals surface area contributed by atoms with Crippen molar-refractivity contribution in [1.82, 2.24) is 4.57 Å². The summed E-state index contributed by atoms with van der Waals surface area (Å²) in [6.45, 7) is 7.71. The van der Waals surface area contributed by atoms with E-state index in [4.69, 9.17) is 37.4 Å². The van der Waals surface area contributed by atoms with Crippen LogP contribution in [-0.2, 0) is 16.1 Å². The predicted octanol–water partition coefficient (Wildman–Crippen LogP) is 7.23. The van der Waals surface area contributed by atoms with Gasteiger partial charge in [-0.3, -0.25) is 9.36 Å². The lowest BCUT2D eigenvalue weighted by molar-refractivity contribution is -0.139. The number of fused-ring (bicyclic) bond motifs is 1. The van der Waals surface area contributed by atoms with Gasteiger partial charge in [-0.25, -0.2) is 9.79 Å². The van der Waals surface area contributed by atoms with Crippen LogP contribution in [0.3, 0.4) is 0 Å². The van der Waals surface area contributed by atoms with Crippen LogP contribution < -0.4 is 24.4 Å². The molecule has 7 nitrogen and oxygen atoms in total. The van der Waals surface area contributed by atoms with Crippen LogP contribution in [0.4, 0.5) is 0 Å². The van der Waals surface area contributed by atoms with Gasteiger partial charge in [-0.05, 0) is 74.0 Å². The number of ether oxygens (including phenoxy) is 3. The number of para-hydroxylation sites is 1. The van der Waals surface area contributed by atoms with E-state index in [1.165, 1.54) is 15.9 Å². The Hall–Kier alpha value is -3.37. The fourth-order valence-corrected chi connectivity index (χ4v) is 7.08. The minimum Gasteiger partial charge on any atom is -0.491 e. The molecule has 11 heteroatoms. The first-order valence-corrected chi connectivity index (χ1v) is 16.3. The SMILES string of the molecule is CCOC(=O)C1=C(C)N=c2s/c(=C\c3cc(Cl)cc(Br)c3OCc3ccccc3Cl)c(=O)n2[C@@H]1c1ccccc1OC(C)C. The molecule has 5 rings (SSSR count). The van der Waals surface area contributed by atoms with Gasteiger partial charge in [0.25, 0.3) is 5.56 Å². The summed E-state index contributed by atoms with van der Waals surface area (Å²) in [5, 5.41) is 1.04. The highest BCUT2D eigenvalue weighted by molar-refractivity contribution is 9.10. The number of halogens is 3. The number of benzene rings is 3. The molecule has 0 spiro atoms. The molecule has 1 aromatic heterocycles. The van der Waals surface area contributed by atoms with Gasteiger partial charge in [0.1, 0.15) is 24.1 Å². The number of rotatable bonds is 9. The number of hydrogen-bond acceptors (Lipinski definition) is 7. The van der Waals surface area contributed by atoms with E-state index in [1.54, 1.807) is 38.1 Å². The molecule has 0 N–H and O–H groups in total. The van der Waals surface area contributed by atoms with Crippen molar-refractivity contribution >= 4 is 62.5 Å². The van der Waals surface area contributed by atoms with Crippen molar-refractivity contribution in [3.63, 3.8) is 0 Å². The zero-order valence-corrected chi connectivity index (χ0v) is 28.3. The Morgan fingerprint density at radius 3 is 2.59 bits per heavy atom. The summed E-state index contributed by atoms with van der Waals surface area (Å²) in [4.78, 5) is 32.7. The third-order valence-electron chi connectivity index (χ3n) is 6.75. The quantitative estimate of drug-likeness (QED) is 0.171. The molecule has 0 fully saturated rings. The second-order valence-electron chi connectivity index (χ2n) is 10.2. The average molecular weight is 716 g/mol. The van der Waals surface area contributed by atoms with Crippen LogP contribution >= 0.6 is 50.5 Å². The highest BCUT2D eigenvalue weighted by Crippen LogP contribution is 2.37. The molecule has 4 aromatic rings. The summed E-state index contributed by atoms with van der Waals surface area (Å²) in [6.07, 6.45) is 1.59. The molecular weight excluding hydrogens is 687 g/mol. The predicted molar refractivity (Wildman–Crippen MR) is 178 cm³/mol. The number of esters is 1. The first-order chi connectivity index (χ1) is 21.1. The summed E-state index contributed by atoms with van der Waals surface area (Å²) in [5.41, 5.74) is 2.46. The molecule has 0 saturated heterocycles. The van der Waals surface area contributed by atoms with E-state index in [1.807, 2.05) is 56.3 Å². The number of thiazole rings is 1. The first-order valence-electron chi connectivity index (χ1n) is 13.9. The Bertz CT molecular complexity index is 1950. The van der Waals surface area contributed by atoms with Gasteiger partial charge in [0.15, 0.2) is 4.80 Å². The Morgan fingerprint density at radius 1 is 1.14 bits per heavy atom. The molecule has 228 valence electrons. The summed E-state index contributed by atoms with van der Waals surface area (Å²) in [6, 6.07) is 17.4. The molecule has 3 aromatic carbocycles. The van der Waals surface area contributed by atoms with E-state index in [2.05, 4.69) is 20.9 Å². The van der Waals surface area contributed by atoms with Gasteiger partial charge in [-0.2, -0.15) is 0 Å². The molecule has 1 aliphatic heterocycles. The molecule has 1 aliphatic rings. The molecule has 0 aliphatic carbocycles. The van der Waals surface area contributed by atoms with E-state index >= 15 is 0 Å². The summed E-state index contributed by atoms with van der Waals surface area (Å²) >= 11 is 17.6. The molecule has 0 radical (unpaired) electrons. The second-order valence-corrected chi connectivity index (χ2v) is 12.9. The zero-order chi connectivity index (χ0) is 31.5. The Morgan fingerprint density at radius 2 is 1.86 bits per heavy atom. The van der Waals surface area contributed by atoms with Crippen LogP contribution in [0.25, 0.3) is 6.08 Å². The smallest absolute Gasteiger partial charge is 0.338 e. The van der Waals surface area contributed by atoms with Gasteiger partial charge < -0.3 is 14.2 Å². The number of carbonyl (C=O) groups is 1. The van der Waals surface area contributed by atoms with Crippen LogP contribution in [-0.4, -0.2) is 23.2 Å². The van der Waals surface area contributed by atoms with Gasteiger partial charge in [0.2, 0.25) is 0 Å². The van der Waals surface area contributed by atoms with E-state index < -0.39 is 12.0 Å². The Balaban J connectivity index is 1.68. The van der Waals surface area contributed by atoms with Crippen molar-refractivity contribution in [2.45, 2.75) is 46.4 Å². The molecule has 0 unspecified atom stereocenters. The van der Waals surface area contributed by atoms with Crippen LogP contribution in [0.15, 0.2) is 86.2 Å². The number of aromatic nitrogens is 1. The highest BCUT2D eigenvalue weighted by Gasteiger charge is 2.35. The van der Waals surface area contributed by atoms with E-state index in [9.17, 15) is 9.59 Å². The number of nitrogens with zero attached hydrogens (tertiary/aromatic N) is 2. The molecule has 1 atom stereocenters. The van der Waals surface area contributed by atoms with Crippen LogP contribution in [0.1, 0.15) is 50.4 Å². The average Bonchev–Trinajstić information content (AvgIpc) is 3.26. The summed E-state index contributed by atoms with van der Waals surface area (Å²) < 4.78 is 20.3. The Labute approximate surface area is 277 Å². The van der Waals surface area contributed by atoms with Crippen molar-refractivity contribution < 1.29 is 19.0 Å². The third-order valence-corrected chi connectivity index (χ3v) is 8.91. The van der Waals surface area contributed by atoms with Gasteiger partial charge in [0, 0.05) is 26.7 Å². The molecule has 44 heavy (non-hydrogen) atoms. The zero-order valence-electron chi connectivity index (χ0n) is 24.4. The topological polar surface area (TPSA) is 79.1 Å². The largest absolute Gasteiger partial charge is 0.491 e.